The molecule has 1 N–H and O–H groups in total. The monoisotopic (exact) mass is 495 g/mol. The highest BCUT2D eigenvalue weighted by molar-refractivity contribution is 6.16. The summed E-state index contributed by atoms with van der Waals surface area (Å²) in [4.78, 5) is 33.9. The molecule has 13 heteroatoms. The summed E-state index contributed by atoms with van der Waals surface area (Å²) in [6, 6.07) is 0.996. The molecular formula is C22H25F4N7O2. The normalized spacial score (nSPS) is 11.7. The number of carbonyl (C=O) groups excluding carboxylic acids is 2. The number of nitrogens with one attached hydrogen (secondary N) is 1. The van der Waals surface area contributed by atoms with E-state index in [1.807, 2.05) is 23.9 Å². The first-order valence-corrected chi connectivity index (χ1v) is 10.5. The molecule has 3 rings (SSSR count). The SMILES string of the molecule is Cc1nn(C)c2ncc(N(C=O)C(=O)Nc3ccc(F)c(C(F)(F)F)c3)c(N(C)CCN(C)C)c12. The van der Waals surface area contributed by atoms with Crippen LogP contribution >= 0.6 is 0 Å². The Labute approximate surface area is 198 Å². The zero-order valence-electron chi connectivity index (χ0n) is 19.8. The van der Waals surface area contributed by atoms with Gasteiger partial charge in [0, 0.05) is 32.9 Å². The molecule has 3 aromatic rings. The Hall–Kier alpha value is -3.74. The van der Waals surface area contributed by atoms with Gasteiger partial charge in [-0.1, -0.05) is 0 Å². The van der Waals surface area contributed by atoms with E-state index in [4.69, 9.17) is 0 Å². The predicted molar refractivity (Wildman–Crippen MR) is 124 cm³/mol. The van der Waals surface area contributed by atoms with Crippen molar-refractivity contribution in [3.8, 4) is 0 Å². The van der Waals surface area contributed by atoms with Crippen LogP contribution in [0.3, 0.4) is 0 Å². The maximum absolute atomic E-state index is 13.6. The highest BCUT2D eigenvalue weighted by Crippen LogP contribution is 2.37. The van der Waals surface area contributed by atoms with Crippen LogP contribution in [0.5, 0.6) is 0 Å². The van der Waals surface area contributed by atoms with Crippen molar-refractivity contribution in [1.29, 1.82) is 0 Å². The van der Waals surface area contributed by atoms with Crippen molar-refractivity contribution in [1.82, 2.24) is 19.7 Å². The number of hydrogen-bond donors (Lipinski definition) is 1. The summed E-state index contributed by atoms with van der Waals surface area (Å²) < 4.78 is 54.4. The van der Waals surface area contributed by atoms with E-state index in [9.17, 15) is 27.2 Å². The lowest BCUT2D eigenvalue weighted by Crippen LogP contribution is -2.36. The van der Waals surface area contributed by atoms with Crippen molar-refractivity contribution in [2.75, 3.05) is 49.3 Å². The number of rotatable bonds is 7. The lowest BCUT2D eigenvalue weighted by atomic mass is 10.1. The number of pyridine rings is 1. The van der Waals surface area contributed by atoms with Crippen LogP contribution in [0.4, 0.5) is 39.4 Å². The molecule has 0 unspecified atom stereocenters. The van der Waals surface area contributed by atoms with Crippen LogP contribution in [0.2, 0.25) is 0 Å². The fourth-order valence-corrected chi connectivity index (χ4v) is 3.63. The summed E-state index contributed by atoms with van der Waals surface area (Å²) in [5.74, 6) is -1.48. The van der Waals surface area contributed by atoms with Crippen LogP contribution in [0, 0.1) is 12.7 Å². The number of urea groups is 1. The first kappa shape index (κ1) is 25.9. The van der Waals surface area contributed by atoms with Crippen molar-refractivity contribution in [3.05, 3.63) is 41.5 Å². The summed E-state index contributed by atoms with van der Waals surface area (Å²) in [5.41, 5.74) is -0.114. The van der Waals surface area contributed by atoms with Crippen LogP contribution in [-0.4, -0.2) is 66.3 Å². The Balaban J connectivity index is 2.06. The molecule has 0 fully saturated rings. The average molecular weight is 495 g/mol. The minimum atomic E-state index is -4.95. The molecule has 0 atom stereocenters. The number of nitrogens with zero attached hydrogens (tertiary/aromatic N) is 6. The molecule has 2 heterocycles. The zero-order valence-corrected chi connectivity index (χ0v) is 19.8. The summed E-state index contributed by atoms with van der Waals surface area (Å²) in [6.45, 7) is 2.94. The van der Waals surface area contributed by atoms with E-state index in [0.717, 1.165) is 6.07 Å². The highest BCUT2D eigenvalue weighted by Gasteiger charge is 2.34. The molecule has 9 nitrogen and oxygen atoms in total. The number of alkyl halides is 3. The smallest absolute Gasteiger partial charge is 0.371 e. The number of carbonyl (C=O) groups is 2. The fourth-order valence-electron chi connectivity index (χ4n) is 3.63. The third kappa shape index (κ3) is 5.34. The van der Waals surface area contributed by atoms with Gasteiger partial charge in [-0.3, -0.25) is 9.48 Å². The highest BCUT2D eigenvalue weighted by atomic mass is 19.4. The second kappa shape index (κ2) is 9.86. The number of imide groups is 1. The van der Waals surface area contributed by atoms with Crippen molar-refractivity contribution in [3.63, 3.8) is 0 Å². The van der Waals surface area contributed by atoms with E-state index >= 15 is 0 Å². The van der Waals surface area contributed by atoms with Crippen LogP contribution in [0.1, 0.15) is 11.3 Å². The van der Waals surface area contributed by atoms with Gasteiger partial charge >= 0.3 is 12.2 Å². The maximum Gasteiger partial charge on any atom is 0.419 e. The number of halogens is 4. The Morgan fingerprint density at radius 3 is 2.49 bits per heavy atom. The molecule has 0 saturated heterocycles. The number of likely N-dealkylation sites (N-methyl/N-ethyl adjacent to an activating group) is 2. The lowest BCUT2D eigenvalue weighted by Gasteiger charge is -2.27. The van der Waals surface area contributed by atoms with Gasteiger partial charge in [0.1, 0.15) is 5.82 Å². The molecule has 2 aromatic heterocycles. The van der Waals surface area contributed by atoms with Gasteiger partial charge in [0.25, 0.3) is 0 Å². The van der Waals surface area contributed by atoms with Gasteiger partial charge in [0.2, 0.25) is 6.41 Å². The Morgan fingerprint density at radius 1 is 1.20 bits per heavy atom. The predicted octanol–water partition coefficient (Wildman–Crippen LogP) is 3.63. The number of hydrogen-bond acceptors (Lipinski definition) is 6. The summed E-state index contributed by atoms with van der Waals surface area (Å²) in [7, 11) is 7.29. The van der Waals surface area contributed by atoms with E-state index < -0.39 is 23.6 Å². The largest absolute Gasteiger partial charge is 0.419 e. The van der Waals surface area contributed by atoms with Crippen LogP contribution in [0.25, 0.3) is 11.0 Å². The summed E-state index contributed by atoms with van der Waals surface area (Å²) >= 11 is 0. The molecule has 0 aliphatic carbocycles. The number of amides is 3. The molecule has 0 spiro atoms. The van der Waals surface area contributed by atoms with Gasteiger partial charge in [0.15, 0.2) is 5.65 Å². The van der Waals surface area contributed by atoms with E-state index in [1.165, 1.54) is 6.20 Å². The topological polar surface area (TPSA) is 86.6 Å². The first-order chi connectivity index (χ1) is 16.3. The van der Waals surface area contributed by atoms with Crippen molar-refractivity contribution < 1.29 is 27.2 Å². The molecule has 35 heavy (non-hydrogen) atoms. The molecule has 3 amide bonds. The van der Waals surface area contributed by atoms with Gasteiger partial charge in [0.05, 0.1) is 34.2 Å². The number of aromatic nitrogens is 3. The average Bonchev–Trinajstić information content (AvgIpc) is 3.06. The van der Waals surface area contributed by atoms with Gasteiger partial charge in [-0.25, -0.2) is 19.1 Å². The lowest BCUT2D eigenvalue weighted by molar-refractivity contribution is -0.139. The minimum Gasteiger partial charge on any atom is -0.371 e. The third-order valence-corrected chi connectivity index (χ3v) is 5.35. The van der Waals surface area contributed by atoms with Gasteiger partial charge in [-0.05, 0) is 39.2 Å². The summed E-state index contributed by atoms with van der Waals surface area (Å²) in [5, 5.41) is 7.22. The second-order valence-electron chi connectivity index (χ2n) is 8.22. The van der Waals surface area contributed by atoms with E-state index in [1.54, 1.807) is 25.7 Å². The standard InChI is InChI=1S/C22H25F4N7O2/c1-13-18-19(31(4)9-8-30(2)3)17(11-27-20(18)32(5)29-13)33(12-34)21(35)28-14-6-7-16(23)15(10-14)22(24,25)26/h6-7,10-12H,8-9H2,1-5H3,(H,28,35). The zero-order chi connectivity index (χ0) is 26.1. The Kier molecular flexibility index (Phi) is 7.29. The first-order valence-electron chi connectivity index (χ1n) is 10.5. The molecule has 0 bridgehead atoms. The molecular weight excluding hydrogens is 470 g/mol. The van der Waals surface area contributed by atoms with Gasteiger partial charge in [-0.2, -0.15) is 18.3 Å². The molecule has 0 saturated carbocycles. The molecule has 1 aromatic carbocycles. The van der Waals surface area contributed by atoms with Crippen molar-refractivity contribution >= 4 is 40.5 Å². The number of aryl methyl sites for hydroxylation is 2. The van der Waals surface area contributed by atoms with Gasteiger partial charge in [-0.15, -0.1) is 0 Å². The number of fused-ring (bicyclic) bond motifs is 1. The van der Waals surface area contributed by atoms with Gasteiger partial charge < -0.3 is 15.1 Å². The number of anilines is 3. The quantitative estimate of drug-likeness (QED) is 0.398. The van der Waals surface area contributed by atoms with Crippen LogP contribution < -0.4 is 15.1 Å². The van der Waals surface area contributed by atoms with Crippen LogP contribution in [0.15, 0.2) is 24.4 Å². The second-order valence-corrected chi connectivity index (χ2v) is 8.22. The summed E-state index contributed by atoms with van der Waals surface area (Å²) in [6.07, 6.45) is -3.39. The molecule has 0 radical (unpaired) electrons. The Bertz CT molecular complexity index is 1260. The molecule has 188 valence electrons. The maximum atomic E-state index is 13.6. The fraction of sp³-hybridized carbons (Fsp3) is 0.364. The van der Waals surface area contributed by atoms with E-state index in [0.29, 0.717) is 52.5 Å². The van der Waals surface area contributed by atoms with E-state index in [2.05, 4.69) is 15.4 Å². The van der Waals surface area contributed by atoms with E-state index in [-0.39, 0.29) is 17.8 Å². The third-order valence-electron chi connectivity index (χ3n) is 5.35. The Morgan fingerprint density at radius 2 is 1.89 bits per heavy atom. The molecule has 0 aliphatic rings. The van der Waals surface area contributed by atoms with Crippen molar-refractivity contribution in [2.45, 2.75) is 13.1 Å². The molecule has 0 aliphatic heterocycles. The van der Waals surface area contributed by atoms with Crippen molar-refractivity contribution in [2.24, 2.45) is 7.05 Å². The van der Waals surface area contributed by atoms with Crippen LogP contribution in [-0.2, 0) is 18.0 Å². The minimum absolute atomic E-state index is 0.112. The number of benzene rings is 1.